The van der Waals surface area contributed by atoms with Crippen LogP contribution in [-0.4, -0.2) is 22.3 Å². The van der Waals surface area contributed by atoms with Crippen LogP contribution < -0.4 is 5.73 Å². The van der Waals surface area contributed by atoms with E-state index in [9.17, 15) is 4.21 Å². The van der Waals surface area contributed by atoms with Gasteiger partial charge in [-0.05, 0) is 25.8 Å². The highest BCUT2D eigenvalue weighted by atomic mass is 32.2. The summed E-state index contributed by atoms with van der Waals surface area (Å²) in [5.41, 5.74) is 5.32. The molecule has 0 rings (SSSR count). The number of rotatable bonds is 7. The first kappa shape index (κ1) is 11.1. The van der Waals surface area contributed by atoms with Crippen LogP contribution in [0.1, 0.15) is 32.6 Å². The van der Waals surface area contributed by atoms with Crippen LogP contribution in [0, 0.1) is 0 Å². The molecule has 0 radical (unpaired) electrons. The molecular weight excluding hydrogens is 158 g/mol. The fourth-order valence-electron chi connectivity index (χ4n) is 0.815. The van der Waals surface area contributed by atoms with Crippen LogP contribution in [-0.2, 0) is 10.8 Å². The van der Waals surface area contributed by atoms with E-state index < -0.39 is 10.8 Å². The predicted molar refractivity (Wildman–Crippen MR) is 51.1 cm³/mol. The van der Waals surface area contributed by atoms with E-state index in [4.69, 9.17) is 5.73 Å². The van der Waals surface area contributed by atoms with Crippen molar-refractivity contribution < 1.29 is 4.21 Å². The topological polar surface area (TPSA) is 43.1 Å². The summed E-state index contributed by atoms with van der Waals surface area (Å²) in [6, 6.07) is 0. The molecule has 3 heteroatoms. The molecule has 0 aliphatic carbocycles. The fourth-order valence-corrected chi connectivity index (χ4v) is 2.16. The van der Waals surface area contributed by atoms with Crippen LogP contribution in [0.2, 0.25) is 0 Å². The van der Waals surface area contributed by atoms with Gasteiger partial charge in [-0.15, -0.1) is 0 Å². The highest BCUT2D eigenvalue weighted by Gasteiger charge is 1.97. The van der Waals surface area contributed by atoms with Crippen LogP contribution in [0.5, 0.6) is 0 Å². The molecule has 0 amide bonds. The normalized spacial score (nSPS) is 13.3. The standard InChI is InChI=1S/C8H19NOS/c1-2-3-7-11(10)8-5-4-6-9/h2-9H2,1H3. The van der Waals surface area contributed by atoms with Gasteiger partial charge in [-0.25, -0.2) is 0 Å². The average Bonchev–Trinajstić information content (AvgIpc) is 2.01. The van der Waals surface area contributed by atoms with Crippen LogP contribution in [0.15, 0.2) is 0 Å². The van der Waals surface area contributed by atoms with E-state index >= 15 is 0 Å². The molecule has 68 valence electrons. The minimum atomic E-state index is -0.577. The molecule has 0 saturated heterocycles. The third kappa shape index (κ3) is 8.01. The van der Waals surface area contributed by atoms with Gasteiger partial charge in [0.25, 0.3) is 0 Å². The Kier molecular flexibility index (Phi) is 8.29. The molecule has 0 aromatic rings. The van der Waals surface area contributed by atoms with Gasteiger partial charge in [0.1, 0.15) is 0 Å². The maximum atomic E-state index is 11.1. The predicted octanol–water partition coefficient (Wildman–Crippen LogP) is 1.27. The first-order chi connectivity index (χ1) is 5.31. The molecule has 2 N–H and O–H groups in total. The lowest BCUT2D eigenvalue weighted by molar-refractivity contribution is 0.674. The zero-order valence-electron chi connectivity index (χ0n) is 7.34. The molecule has 0 saturated carbocycles. The summed E-state index contributed by atoms with van der Waals surface area (Å²) in [5, 5.41) is 0. The maximum absolute atomic E-state index is 11.1. The minimum absolute atomic E-state index is 0.577. The quantitative estimate of drug-likeness (QED) is 0.595. The molecule has 0 aliphatic heterocycles. The molecule has 1 unspecified atom stereocenters. The van der Waals surface area contributed by atoms with E-state index in [0.29, 0.717) is 0 Å². The summed E-state index contributed by atoms with van der Waals surface area (Å²) < 4.78 is 11.1. The Bertz CT molecular complexity index is 106. The second kappa shape index (κ2) is 8.21. The number of nitrogens with two attached hydrogens (primary N) is 1. The SMILES string of the molecule is CCCCS(=O)CCCCN. The summed E-state index contributed by atoms with van der Waals surface area (Å²) in [5.74, 6) is 1.72. The molecule has 0 aromatic heterocycles. The Balaban J connectivity index is 3.09. The molecule has 0 fully saturated rings. The lowest BCUT2D eigenvalue weighted by Crippen LogP contribution is -2.05. The van der Waals surface area contributed by atoms with Crippen LogP contribution in [0.4, 0.5) is 0 Å². The molecule has 0 bridgehead atoms. The molecule has 11 heavy (non-hydrogen) atoms. The smallest absolute Gasteiger partial charge is 0.0235 e. The Morgan fingerprint density at radius 2 is 1.82 bits per heavy atom. The van der Waals surface area contributed by atoms with E-state index in [-0.39, 0.29) is 0 Å². The van der Waals surface area contributed by atoms with E-state index in [0.717, 1.165) is 43.7 Å². The highest BCUT2D eigenvalue weighted by molar-refractivity contribution is 7.84. The Hall–Kier alpha value is 0.110. The second-order valence-corrected chi connectivity index (χ2v) is 4.39. The number of hydrogen-bond acceptors (Lipinski definition) is 2. The first-order valence-corrected chi connectivity index (χ1v) is 5.85. The van der Waals surface area contributed by atoms with Crippen molar-refractivity contribution in [2.75, 3.05) is 18.1 Å². The van der Waals surface area contributed by atoms with Gasteiger partial charge in [0.2, 0.25) is 0 Å². The van der Waals surface area contributed by atoms with E-state index in [1.54, 1.807) is 0 Å². The van der Waals surface area contributed by atoms with Crippen molar-refractivity contribution in [3.05, 3.63) is 0 Å². The van der Waals surface area contributed by atoms with Crippen molar-refractivity contribution in [3.63, 3.8) is 0 Å². The summed E-state index contributed by atoms with van der Waals surface area (Å²) >= 11 is 0. The summed E-state index contributed by atoms with van der Waals surface area (Å²) in [6.07, 6.45) is 4.27. The van der Waals surface area contributed by atoms with Crippen molar-refractivity contribution in [1.82, 2.24) is 0 Å². The van der Waals surface area contributed by atoms with Crippen molar-refractivity contribution in [1.29, 1.82) is 0 Å². The highest BCUT2D eigenvalue weighted by Crippen LogP contribution is 1.95. The van der Waals surface area contributed by atoms with Crippen molar-refractivity contribution in [2.45, 2.75) is 32.6 Å². The van der Waals surface area contributed by atoms with Gasteiger partial charge >= 0.3 is 0 Å². The van der Waals surface area contributed by atoms with Gasteiger partial charge in [0.15, 0.2) is 0 Å². The molecular formula is C8H19NOS. The number of unbranched alkanes of at least 4 members (excludes halogenated alkanes) is 2. The van der Waals surface area contributed by atoms with Gasteiger partial charge < -0.3 is 5.73 Å². The summed E-state index contributed by atoms with van der Waals surface area (Å²) in [4.78, 5) is 0. The zero-order valence-corrected chi connectivity index (χ0v) is 8.16. The van der Waals surface area contributed by atoms with E-state index in [1.165, 1.54) is 0 Å². The van der Waals surface area contributed by atoms with Crippen molar-refractivity contribution in [2.24, 2.45) is 5.73 Å². The zero-order chi connectivity index (χ0) is 8.53. The van der Waals surface area contributed by atoms with Crippen LogP contribution in [0.25, 0.3) is 0 Å². The molecule has 0 spiro atoms. The van der Waals surface area contributed by atoms with Gasteiger partial charge in [-0.1, -0.05) is 13.3 Å². The average molecular weight is 177 g/mol. The summed E-state index contributed by atoms with van der Waals surface area (Å²) in [7, 11) is -0.577. The molecule has 1 atom stereocenters. The van der Waals surface area contributed by atoms with Crippen LogP contribution >= 0.6 is 0 Å². The Morgan fingerprint density at radius 3 is 2.36 bits per heavy atom. The van der Waals surface area contributed by atoms with Crippen LogP contribution in [0.3, 0.4) is 0 Å². The molecule has 2 nitrogen and oxygen atoms in total. The Labute approximate surface area is 72.0 Å². The molecule has 0 aromatic carbocycles. The van der Waals surface area contributed by atoms with Gasteiger partial charge in [-0.2, -0.15) is 0 Å². The fraction of sp³-hybridized carbons (Fsp3) is 1.00. The molecule has 0 heterocycles. The largest absolute Gasteiger partial charge is 0.330 e. The van der Waals surface area contributed by atoms with Gasteiger partial charge in [0.05, 0.1) is 0 Å². The van der Waals surface area contributed by atoms with Gasteiger partial charge in [0, 0.05) is 22.3 Å². The monoisotopic (exact) mass is 177 g/mol. The minimum Gasteiger partial charge on any atom is -0.330 e. The third-order valence-corrected chi connectivity index (χ3v) is 3.04. The van der Waals surface area contributed by atoms with Gasteiger partial charge in [-0.3, -0.25) is 4.21 Å². The Morgan fingerprint density at radius 1 is 1.18 bits per heavy atom. The number of hydrogen-bond donors (Lipinski definition) is 1. The van der Waals surface area contributed by atoms with E-state index in [2.05, 4.69) is 6.92 Å². The molecule has 0 aliphatic rings. The lowest BCUT2D eigenvalue weighted by atomic mass is 10.3. The van der Waals surface area contributed by atoms with Crippen molar-refractivity contribution in [3.8, 4) is 0 Å². The van der Waals surface area contributed by atoms with E-state index in [1.807, 2.05) is 0 Å². The summed E-state index contributed by atoms with van der Waals surface area (Å²) in [6.45, 7) is 2.85. The maximum Gasteiger partial charge on any atom is 0.0235 e. The van der Waals surface area contributed by atoms with Crippen molar-refractivity contribution >= 4 is 10.8 Å². The third-order valence-electron chi connectivity index (χ3n) is 1.55. The second-order valence-electron chi connectivity index (χ2n) is 2.70. The first-order valence-electron chi connectivity index (χ1n) is 4.36. The lowest BCUT2D eigenvalue weighted by Gasteiger charge is -1.99.